The predicted molar refractivity (Wildman–Crippen MR) is 170 cm³/mol. The zero-order valence-corrected chi connectivity index (χ0v) is 26.8. The summed E-state index contributed by atoms with van der Waals surface area (Å²) in [6.45, 7) is 5.54. The van der Waals surface area contributed by atoms with Gasteiger partial charge in [-0.15, -0.1) is 6.58 Å². The van der Waals surface area contributed by atoms with Gasteiger partial charge < -0.3 is 44.1 Å². The highest BCUT2D eigenvalue weighted by molar-refractivity contribution is 6.32. The van der Waals surface area contributed by atoms with Crippen molar-refractivity contribution in [3.8, 4) is 11.5 Å². The number of methoxy groups -OCH3 is 1. The molecule has 4 aliphatic heterocycles. The lowest BCUT2D eigenvalue weighted by Crippen LogP contribution is -2.61. The second-order valence-electron chi connectivity index (χ2n) is 12.2. The lowest BCUT2D eigenvalue weighted by atomic mass is 9.73. The molecular formula is C34H37ClN2O11. The molecule has 1 aromatic heterocycles. The van der Waals surface area contributed by atoms with Crippen LogP contribution >= 0.6 is 11.6 Å². The normalized spacial score (nSPS) is 30.3. The highest BCUT2D eigenvalue weighted by atomic mass is 35.5. The largest absolute Gasteiger partial charge is 0.509 e. The van der Waals surface area contributed by atoms with E-state index in [1.807, 2.05) is 30.3 Å². The lowest BCUT2D eigenvalue weighted by molar-refractivity contribution is -0.271. The van der Waals surface area contributed by atoms with Crippen molar-refractivity contribution in [3.05, 3.63) is 77.5 Å². The molecule has 10 unspecified atom stereocenters. The van der Waals surface area contributed by atoms with Gasteiger partial charge in [-0.25, -0.2) is 9.59 Å². The molecule has 0 saturated carbocycles. The number of aliphatic carboxylic acids is 1. The van der Waals surface area contributed by atoms with Crippen LogP contribution in [0.15, 0.2) is 61.3 Å². The van der Waals surface area contributed by atoms with Crippen LogP contribution in [0.2, 0.25) is 5.02 Å². The van der Waals surface area contributed by atoms with Crippen LogP contribution in [0.4, 0.5) is 4.79 Å². The van der Waals surface area contributed by atoms with Gasteiger partial charge in [0.05, 0.1) is 23.7 Å². The van der Waals surface area contributed by atoms with Crippen molar-refractivity contribution in [1.29, 1.82) is 0 Å². The second kappa shape index (κ2) is 14.2. The molecule has 4 N–H and O–H groups in total. The third-order valence-electron chi connectivity index (χ3n) is 9.42. The number of ether oxygens (including phenoxy) is 5. The van der Waals surface area contributed by atoms with Gasteiger partial charge in [0.2, 0.25) is 6.29 Å². The van der Waals surface area contributed by atoms with E-state index in [9.17, 15) is 30.0 Å². The third-order valence-corrected chi connectivity index (χ3v) is 9.72. The van der Waals surface area contributed by atoms with Crippen molar-refractivity contribution >= 4 is 34.6 Å². The van der Waals surface area contributed by atoms with Gasteiger partial charge in [0.1, 0.15) is 42.5 Å². The maximum Gasteiger partial charge on any atom is 0.509 e. The number of hydrogen-bond donors (Lipinski definition) is 4. The highest BCUT2D eigenvalue weighted by Crippen LogP contribution is 2.44. The van der Waals surface area contributed by atoms with Crippen LogP contribution in [0.5, 0.6) is 11.5 Å². The van der Waals surface area contributed by atoms with Gasteiger partial charge >= 0.3 is 12.1 Å². The van der Waals surface area contributed by atoms with E-state index >= 15 is 0 Å². The maximum atomic E-state index is 13.3. The van der Waals surface area contributed by atoms with Crippen LogP contribution in [0.3, 0.4) is 0 Å². The number of benzene rings is 2. The molecule has 4 fully saturated rings. The van der Waals surface area contributed by atoms with Crippen LogP contribution in [0.25, 0.3) is 10.9 Å². The van der Waals surface area contributed by atoms with Crippen LogP contribution in [0, 0.1) is 11.8 Å². The number of carboxylic acids is 1. The Hall–Kier alpha value is -3.98. The topological polar surface area (TPSA) is 177 Å². The fraction of sp³-hybridized carbons (Fsp3) is 0.441. The summed E-state index contributed by atoms with van der Waals surface area (Å²) < 4.78 is 27.8. The number of carbonyl (C=O) groups excluding carboxylic acids is 1. The molecule has 7 rings (SSSR count). The minimum absolute atomic E-state index is 0.000872. The zero-order valence-electron chi connectivity index (χ0n) is 26.1. The number of rotatable bonds is 10. The van der Waals surface area contributed by atoms with E-state index in [4.69, 9.17) is 35.3 Å². The van der Waals surface area contributed by atoms with Gasteiger partial charge in [0, 0.05) is 23.7 Å². The zero-order chi connectivity index (χ0) is 34.1. The van der Waals surface area contributed by atoms with Crippen LogP contribution in [0.1, 0.15) is 30.1 Å². The number of aliphatic hydroxyl groups excluding tert-OH is 3. The number of carbonyl (C=O) groups is 2. The highest BCUT2D eigenvalue weighted by Gasteiger charge is 2.48. The second-order valence-corrected chi connectivity index (χ2v) is 12.6. The first-order valence-electron chi connectivity index (χ1n) is 15.6. The first kappa shape index (κ1) is 33.9. The molecule has 5 heterocycles. The monoisotopic (exact) mass is 684 g/mol. The first-order valence-corrected chi connectivity index (χ1v) is 16.0. The van der Waals surface area contributed by atoms with Crippen molar-refractivity contribution < 1.29 is 53.7 Å². The number of hydrogen-bond acceptors (Lipinski definition) is 12. The molecule has 4 saturated heterocycles. The van der Waals surface area contributed by atoms with Gasteiger partial charge in [-0.05, 0) is 73.2 Å². The Labute approximate surface area is 281 Å². The number of halogens is 1. The van der Waals surface area contributed by atoms with Gasteiger partial charge in [0.25, 0.3) is 0 Å². The average molecular weight is 685 g/mol. The van der Waals surface area contributed by atoms with Gasteiger partial charge in [-0.1, -0.05) is 23.7 Å². The summed E-state index contributed by atoms with van der Waals surface area (Å²) in [6, 6.07) is 11.8. The van der Waals surface area contributed by atoms with Crippen molar-refractivity contribution in [2.24, 2.45) is 11.8 Å². The van der Waals surface area contributed by atoms with Crippen LogP contribution in [-0.2, 0) is 25.6 Å². The summed E-state index contributed by atoms with van der Waals surface area (Å²) in [5.74, 6) is -0.0928. The summed E-state index contributed by atoms with van der Waals surface area (Å²) in [5, 5.41) is 40.4. The molecule has 3 aromatic rings. The Morgan fingerprint density at radius 1 is 1.15 bits per heavy atom. The number of carboxylic acid groups (broad SMARTS) is 1. The molecule has 4 aliphatic rings. The number of aliphatic hydroxyl groups is 3. The fourth-order valence-corrected chi connectivity index (χ4v) is 7.09. The smallest absolute Gasteiger partial charge is 0.497 e. The van der Waals surface area contributed by atoms with Crippen molar-refractivity contribution in [3.63, 3.8) is 0 Å². The Morgan fingerprint density at radius 2 is 1.96 bits per heavy atom. The van der Waals surface area contributed by atoms with E-state index in [1.54, 1.807) is 19.4 Å². The molecule has 0 spiro atoms. The number of piperidine rings is 3. The Balaban J connectivity index is 1.17. The molecule has 256 valence electrons. The lowest BCUT2D eigenvalue weighted by Gasteiger charge is -2.51. The van der Waals surface area contributed by atoms with Crippen LogP contribution < -0.4 is 9.47 Å². The SMILES string of the molecule is C=CC1CN2CCC1CC2C(OC(=O)OCc1ccc(OC2OC(C(=O)O)C(O)C(O)C2O)c(Cl)c1)c1ccnc2ccc(OC)cc12. The summed E-state index contributed by atoms with van der Waals surface area (Å²) in [7, 11) is 1.59. The van der Waals surface area contributed by atoms with Crippen molar-refractivity contribution in [2.75, 3.05) is 20.2 Å². The third kappa shape index (κ3) is 6.79. The van der Waals surface area contributed by atoms with Gasteiger partial charge in [-0.2, -0.15) is 0 Å². The molecule has 2 bridgehead atoms. The van der Waals surface area contributed by atoms with E-state index in [2.05, 4.69) is 16.5 Å². The number of fused-ring (bicyclic) bond motifs is 4. The Kier molecular flexibility index (Phi) is 10.1. The molecule has 10 atom stereocenters. The van der Waals surface area contributed by atoms with Gasteiger partial charge in [-0.3, -0.25) is 9.88 Å². The van der Waals surface area contributed by atoms with Gasteiger partial charge in [0.15, 0.2) is 6.10 Å². The Bertz CT molecular complexity index is 1670. The van der Waals surface area contributed by atoms with E-state index in [0.29, 0.717) is 23.1 Å². The van der Waals surface area contributed by atoms with Crippen LogP contribution in [-0.4, -0.2) is 99.4 Å². The molecule has 0 aliphatic carbocycles. The van der Waals surface area contributed by atoms with Crippen molar-refractivity contribution in [1.82, 2.24) is 9.88 Å². The molecule has 13 nitrogen and oxygen atoms in total. The first-order chi connectivity index (χ1) is 23.1. The summed E-state index contributed by atoms with van der Waals surface area (Å²) >= 11 is 6.39. The number of nitrogens with zero attached hydrogens (tertiary/aromatic N) is 2. The molecule has 0 radical (unpaired) electrons. The standard InChI is InChI=1S/C34H37ClN2O11/c1-3-18-15-37-11-9-19(18)13-25(37)30(21-8-10-36-24-6-5-20(44-2)14-22(21)24)48-34(43)45-16-17-4-7-26(23(35)12-17)46-33-29(40)27(38)28(39)31(47-33)32(41)42/h3-8,10,12,14,18-19,25,27-31,33,38-40H,1,9,11,13,15-16H2,2H3,(H,41,42). The summed E-state index contributed by atoms with van der Waals surface area (Å²) in [4.78, 5) is 31.6. The minimum Gasteiger partial charge on any atom is -0.497 e. The summed E-state index contributed by atoms with van der Waals surface area (Å²) in [5.41, 5.74) is 2.02. The van der Waals surface area contributed by atoms with E-state index in [1.165, 1.54) is 12.1 Å². The molecule has 0 amide bonds. The molecule has 14 heteroatoms. The average Bonchev–Trinajstić information content (AvgIpc) is 3.10. The summed E-state index contributed by atoms with van der Waals surface area (Å²) in [6.07, 6.45) is -4.87. The van der Waals surface area contributed by atoms with E-state index < -0.39 is 48.9 Å². The maximum absolute atomic E-state index is 13.3. The predicted octanol–water partition coefficient (Wildman–Crippen LogP) is 3.46. The fourth-order valence-electron chi connectivity index (χ4n) is 6.85. The Morgan fingerprint density at radius 3 is 2.65 bits per heavy atom. The van der Waals surface area contributed by atoms with E-state index in [0.717, 1.165) is 42.4 Å². The number of aromatic nitrogens is 1. The molecular weight excluding hydrogens is 648 g/mol. The number of pyridine rings is 1. The minimum atomic E-state index is -1.86. The van der Waals surface area contributed by atoms with Crippen molar-refractivity contribution in [2.45, 2.75) is 62.3 Å². The van der Waals surface area contributed by atoms with E-state index in [-0.39, 0.29) is 23.4 Å². The molecule has 48 heavy (non-hydrogen) atoms. The quantitative estimate of drug-likeness (QED) is 0.181. The molecule has 2 aromatic carbocycles.